The van der Waals surface area contributed by atoms with E-state index in [4.69, 9.17) is 10.8 Å². The minimum Gasteiger partial charge on any atom is -0.477 e. The lowest BCUT2D eigenvalue weighted by Crippen LogP contribution is -2.08. The van der Waals surface area contributed by atoms with E-state index in [1.165, 1.54) is 6.07 Å². The van der Waals surface area contributed by atoms with Crippen molar-refractivity contribution in [1.29, 1.82) is 0 Å². The minimum absolute atomic E-state index is 0.0144. The van der Waals surface area contributed by atoms with Crippen LogP contribution in [0.15, 0.2) is 6.07 Å². The molecule has 0 aromatic carbocycles. The first-order chi connectivity index (χ1) is 6.49. The van der Waals surface area contributed by atoms with Crippen molar-refractivity contribution in [3.8, 4) is 0 Å². The number of nitrogens with two attached hydrogens (primary N) is 1. The summed E-state index contributed by atoms with van der Waals surface area (Å²) in [5, 5.41) is 8.72. The second-order valence-electron chi connectivity index (χ2n) is 3.51. The number of hydrogen-bond acceptors (Lipinski definition) is 4. The number of carbonyl (C=O) groups is 1. The van der Waals surface area contributed by atoms with Gasteiger partial charge in [-0.3, -0.25) is 0 Å². The van der Waals surface area contributed by atoms with Crippen LogP contribution >= 0.6 is 0 Å². The van der Waals surface area contributed by atoms with Crippen molar-refractivity contribution < 1.29 is 9.90 Å². The molecule has 0 bridgehead atoms. The molecule has 1 heterocycles. The van der Waals surface area contributed by atoms with Gasteiger partial charge in [0.1, 0.15) is 0 Å². The van der Waals surface area contributed by atoms with Crippen LogP contribution in [0, 0.1) is 5.92 Å². The molecule has 1 rings (SSSR count). The lowest BCUT2D eigenvalue weighted by molar-refractivity contribution is 0.0690. The lowest BCUT2D eigenvalue weighted by Gasteiger charge is -2.05. The van der Waals surface area contributed by atoms with E-state index in [1.54, 1.807) is 0 Å². The van der Waals surface area contributed by atoms with Crippen molar-refractivity contribution in [2.75, 3.05) is 5.73 Å². The van der Waals surface area contributed by atoms with E-state index in [2.05, 4.69) is 9.97 Å². The Bertz CT molecular complexity index is 350. The Morgan fingerprint density at radius 1 is 1.57 bits per heavy atom. The first-order valence-electron chi connectivity index (χ1n) is 4.35. The van der Waals surface area contributed by atoms with E-state index in [-0.39, 0.29) is 11.6 Å². The van der Waals surface area contributed by atoms with Crippen molar-refractivity contribution in [1.82, 2.24) is 9.97 Å². The maximum Gasteiger partial charge on any atom is 0.354 e. The normalized spacial score (nSPS) is 10.5. The molecule has 5 heteroatoms. The van der Waals surface area contributed by atoms with Gasteiger partial charge in [-0.2, -0.15) is 0 Å². The number of carboxylic acids is 1. The Hall–Kier alpha value is -1.65. The van der Waals surface area contributed by atoms with Gasteiger partial charge in [0, 0.05) is 5.69 Å². The summed E-state index contributed by atoms with van der Waals surface area (Å²) in [6.07, 6.45) is 0.701. The third kappa shape index (κ3) is 2.69. The summed E-state index contributed by atoms with van der Waals surface area (Å²) in [5.41, 5.74) is 6.01. The molecule has 14 heavy (non-hydrogen) atoms. The van der Waals surface area contributed by atoms with Crippen LogP contribution in [0.25, 0.3) is 0 Å². The van der Waals surface area contributed by atoms with Crippen molar-refractivity contribution in [2.45, 2.75) is 20.3 Å². The quantitative estimate of drug-likeness (QED) is 0.749. The van der Waals surface area contributed by atoms with Crippen LogP contribution in [0.3, 0.4) is 0 Å². The number of carboxylic acid groups (broad SMARTS) is 1. The molecule has 0 atom stereocenters. The van der Waals surface area contributed by atoms with E-state index in [9.17, 15) is 4.79 Å². The van der Waals surface area contributed by atoms with Gasteiger partial charge in [0.25, 0.3) is 0 Å². The zero-order valence-corrected chi connectivity index (χ0v) is 8.19. The highest BCUT2D eigenvalue weighted by Crippen LogP contribution is 2.08. The standard InChI is InChI=1S/C9H13N3O2/c1-5(2)3-6-4-7(8(13)14)12-9(10)11-6/h4-5H,3H2,1-2H3,(H,13,14)(H2,10,11,12). The second kappa shape index (κ2) is 4.04. The van der Waals surface area contributed by atoms with Crippen molar-refractivity contribution >= 4 is 11.9 Å². The van der Waals surface area contributed by atoms with Gasteiger partial charge in [-0.05, 0) is 18.4 Å². The molecule has 0 spiro atoms. The number of aromatic carboxylic acids is 1. The van der Waals surface area contributed by atoms with Crippen LogP contribution in [0.4, 0.5) is 5.95 Å². The maximum atomic E-state index is 10.6. The molecule has 0 fully saturated rings. The predicted molar refractivity (Wildman–Crippen MR) is 51.9 cm³/mol. The highest BCUT2D eigenvalue weighted by Gasteiger charge is 2.09. The SMILES string of the molecule is CC(C)Cc1cc(C(=O)O)nc(N)n1. The van der Waals surface area contributed by atoms with E-state index >= 15 is 0 Å². The van der Waals surface area contributed by atoms with E-state index in [1.807, 2.05) is 13.8 Å². The number of aromatic nitrogens is 2. The largest absolute Gasteiger partial charge is 0.477 e. The third-order valence-corrected chi connectivity index (χ3v) is 1.63. The lowest BCUT2D eigenvalue weighted by atomic mass is 10.1. The molecule has 0 saturated heterocycles. The molecule has 0 aliphatic rings. The molecule has 0 unspecified atom stereocenters. The molecule has 0 saturated carbocycles. The monoisotopic (exact) mass is 195 g/mol. The molecule has 1 aromatic rings. The minimum atomic E-state index is -1.08. The van der Waals surface area contributed by atoms with Gasteiger partial charge in [0.15, 0.2) is 5.69 Å². The summed E-state index contributed by atoms with van der Waals surface area (Å²) in [6.45, 7) is 4.05. The van der Waals surface area contributed by atoms with Crippen LogP contribution in [0.2, 0.25) is 0 Å². The molecule has 0 aliphatic heterocycles. The van der Waals surface area contributed by atoms with Gasteiger partial charge >= 0.3 is 5.97 Å². The predicted octanol–water partition coefficient (Wildman–Crippen LogP) is 0.956. The van der Waals surface area contributed by atoms with Gasteiger partial charge in [-0.15, -0.1) is 0 Å². The molecular formula is C9H13N3O2. The molecule has 76 valence electrons. The number of hydrogen-bond donors (Lipinski definition) is 2. The van der Waals surface area contributed by atoms with Crippen molar-refractivity contribution in [3.05, 3.63) is 17.5 Å². The molecule has 0 radical (unpaired) electrons. The summed E-state index contributed by atoms with van der Waals surface area (Å²) < 4.78 is 0. The van der Waals surface area contributed by atoms with Crippen LogP contribution in [0.5, 0.6) is 0 Å². The highest BCUT2D eigenvalue weighted by molar-refractivity contribution is 5.85. The Balaban J connectivity index is 3.01. The Morgan fingerprint density at radius 2 is 2.21 bits per heavy atom. The van der Waals surface area contributed by atoms with Crippen LogP contribution in [-0.2, 0) is 6.42 Å². The summed E-state index contributed by atoms with van der Waals surface area (Å²) in [6, 6.07) is 1.46. The van der Waals surface area contributed by atoms with Gasteiger partial charge in [-0.25, -0.2) is 14.8 Å². The van der Waals surface area contributed by atoms with Gasteiger partial charge < -0.3 is 10.8 Å². The maximum absolute atomic E-state index is 10.6. The topological polar surface area (TPSA) is 89.1 Å². The number of nitrogen functional groups attached to an aromatic ring is 1. The fraction of sp³-hybridized carbons (Fsp3) is 0.444. The molecule has 1 aromatic heterocycles. The average Bonchev–Trinajstić information content (AvgIpc) is 2.01. The van der Waals surface area contributed by atoms with Gasteiger partial charge in [-0.1, -0.05) is 13.8 Å². The van der Waals surface area contributed by atoms with E-state index in [0.717, 1.165) is 0 Å². The van der Waals surface area contributed by atoms with Crippen LogP contribution < -0.4 is 5.73 Å². The number of anilines is 1. The fourth-order valence-corrected chi connectivity index (χ4v) is 1.15. The van der Waals surface area contributed by atoms with E-state index in [0.29, 0.717) is 18.0 Å². The average molecular weight is 195 g/mol. The Labute approximate surface area is 82.0 Å². The summed E-state index contributed by atoms with van der Waals surface area (Å²) >= 11 is 0. The molecule has 0 aliphatic carbocycles. The summed E-state index contributed by atoms with van der Waals surface area (Å²) in [7, 11) is 0. The van der Waals surface area contributed by atoms with Gasteiger partial charge in [0.2, 0.25) is 5.95 Å². The molecular weight excluding hydrogens is 182 g/mol. The van der Waals surface area contributed by atoms with E-state index < -0.39 is 5.97 Å². The zero-order chi connectivity index (χ0) is 10.7. The first-order valence-corrected chi connectivity index (χ1v) is 4.35. The molecule has 5 nitrogen and oxygen atoms in total. The smallest absolute Gasteiger partial charge is 0.354 e. The number of rotatable bonds is 3. The molecule has 0 amide bonds. The Kier molecular flexibility index (Phi) is 3.01. The van der Waals surface area contributed by atoms with Crippen molar-refractivity contribution in [2.24, 2.45) is 5.92 Å². The summed E-state index contributed by atoms with van der Waals surface area (Å²) in [5.74, 6) is -0.657. The fourth-order valence-electron chi connectivity index (χ4n) is 1.15. The highest BCUT2D eigenvalue weighted by atomic mass is 16.4. The third-order valence-electron chi connectivity index (χ3n) is 1.63. The number of nitrogens with zero attached hydrogens (tertiary/aromatic N) is 2. The Morgan fingerprint density at radius 3 is 2.71 bits per heavy atom. The van der Waals surface area contributed by atoms with Gasteiger partial charge in [0.05, 0.1) is 0 Å². The van der Waals surface area contributed by atoms with Crippen LogP contribution in [0.1, 0.15) is 30.0 Å². The molecule has 3 N–H and O–H groups in total. The first kappa shape index (κ1) is 10.4. The zero-order valence-electron chi connectivity index (χ0n) is 8.19. The van der Waals surface area contributed by atoms with Crippen LogP contribution in [-0.4, -0.2) is 21.0 Å². The van der Waals surface area contributed by atoms with Crippen molar-refractivity contribution in [3.63, 3.8) is 0 Å². The second-order valence-corrected chi connectivity index (χ2v) is 3.51. The summed E-state index contributed by atoms with van der Waals surface area (Å²) in [4.78, 5) is 18.2.